The molecule has 1 aromatic heterocycles. The van der Waals surface area contributed by atoms with Gasteiger partial charge in [0.25, 0.3) is 0 Å². The van der Waals surface area contributed by atoms with E-state index in [1.807, 2.05) is 60.7 Å². The fourth-order valence-electron chi connectivity index (χ4n) is 3.35. The summed E-state index contributed by atoms with van der Waals surface area (Å²) in [4.78, 5) is 4.40. The van der Waals surface area contributed by atoms with Crippen LogP contribution in [0.1, 0.15) is 19.1 Å². The first-order valence-corrected chi connectivity index (χ1v) is 9.98. The number of imidazole rings is 1. The number of hydrogen-bond acceptors (Lipinski definition) is 3. The molecule has 1 saturated heterocycles. The van der Waals surface area contributed by atoms with Gasteiger partial charge in [-0.3, -0.25) is 4.57 Å². The molecule has 1 aliphatic rings. The van der Waals surface area contributed by atoms with Crippen LogP contribution in [0.3, 0.4) is 0 Å². The van der Waals surface area contributed by atoms with Gasteiger partial charge in [0.15, 0.2) is 5.16 Å². The zero-order chi connectivity index (χ0) is 20.4. The third-order valence-corrected chi connectivity index (χ3v) is 5.57. The predicted molar refractivity (Wildman–Crippen MR) is 104 cm³/mol. The molecule has 2 aromatic carbocycles. The van der Waals surface area contributed by atoms with Crippen LogP contribution < -0.4 is 0 Å². The molecule has 29 heavy (non-hydrogen) atoms. The number of rotatable bonds is 6. The van der Waals surface area contributed by atoms with Gasteiger partial charge < -0.3 is 4.74 Å². The van der Waals surface area contributed by atoms with Gasteiger partial charge >= 0.3 is 11.7 Å². The summed E-state index contributed by atoms with van der Waals surface area (Å²) in [6, 6.07) is 18.3. The van der Waals surface area contributed by atoms with E-state index in [0.29, 0.717) is 30.0 Å². The number of halogens is 4. The molecule has 0 N–H and O–H groups in total. The summed E-state index contributed by atoms with van der Waals surface area (Å²) in [7, 11) is 0. The van der Waals surface area contributed by atoms with Crippen LogP contribution >= 0.6 is 11.8 Å². The van der Waals surface area contributed by atoms with Crippen LogP contribution in [0, 0.1) is 0 Å². The highest BCUT2D eigenvalue weighted by Crippen LogP contribution is 2.46. The van der Waals surface area contributed by atoms with Crippen molar-refractivity contribution in [2.45, 2.75) is 35.9 Å². The van der Waals surface area contributed by atoms with Crippen LogP contribution in [0.4, 0.5) is 17.6 Å². The molecule has 0 radical (unpaired) electrons. The SMILES string of the molecule is FC(F)C(F)(F)Sc1nc(-c2ccccc2)c(-c2ccccc2)n1C1CCCO1. The first-order chi connectivity index (χ1) is 14.0. The summed E-state index contributed by atoms with van der Waals surface area (Å²) in [6.07, 6.45) is -2.99. The third kappa shape index (κ3) is 4.04. The van der Waals surface area contributed by atoms with Gasteiger partial charge in [-0.1, -0.05) is 60.7 Å². The molecular weight excluding hydrogens is 404 g/mol. The Bertz CT molecular complexity index is 958. The number of aromatic nitrogens is 2. The fourth-order valence-corrected chi connectivity index (χ4v) is 4.13. The van der Waals surface area contributed by atoms with Gasteiger partial charge in [-0.2, -0.15) is 8.78 Å². The van der Waals surface area contributed by atoms with E-state index in [1.165, 1.54) is 0 Å². The van der Waals surface area contributed by atoms with E-state index >= 15 is 0 Å². The van der Waals surface area contributed by atoms with Crippen molar-refractivity contribution in [2.75, 3.05) is 6.61 Å². The summed E-state index contributed by atoms with van der Waals surface area (Å²) in [5.74, 6) is 0. The van der Waals surface area contributed by atoms with E-state index in [0.717, 1.165) is 12.0 Å². The quantitative estimate of drug-likeness (QED) is 0.336. The van der Waals surface area contributed by atoms with Crippen molar-refractivity contribution in [3.8, 4) is 22.5 Å². The summed E-state index contributed by atoms with van der Waals surface area (Å²) in [6.45, 7) is 0.479. The smallest absolute Gasteiger partial charge is 0.358 e. The molecule has 4 rings (SSSR count). The lowest BCUT2D eigenvalue weighted by atomic mass is 10.0. The number of hydrogen-bond donors (Lipinski definition) is 0. The van der Waals surface area contributed by atoms with Crippen molar-refractivity contribution in [1.29, 1.82) is 0 Å². The molecule has 3 aromatic rings. The zero-order valence-corrected chi connectivity index (χ0v) is 16.1. The minimum absolute atomic E-state index is 0.181. The molecule has 1 aliphatic heterocycles. The van der Waals surface area contributed by atoms with Crippen LogP contribution in [0.15, 0.2) is 65.8 Å². The van der Waals surface area contributed by atoms with E-state index in [2.05, 4.69) is 4.98 Å². The van der Waals surface area contributed by atoms with Crippen molar-refractivity contribution in [2.24, 2.45) is 0 Å². The predicted octanol–water partition coefficient (Wildman–Crippen LogP) is 6.48. The Balaban J connectivity index is 1.95. The van der Waals surface area contributed by atoms with Gasteiger partial charge in [0, 0.05) is 17.7 Å². The Morgan fingerprint density at radius 3 is 2.17 bits per heavy atom. The molecule has 0 amide bonds. The van der Waals surface area contributed by atoms with E-state index in [4.69, 9.17) is 4.74 Å². The minimum atomic E-state index is -4.26. The summed E-state index contributed by atoms with van der Waals surface area (Å²) >= 11 is -0.220. The van der Waals surface area contributed by atoms with Gasteiger partial charge in [-0.05, 0) is 24.6 Å². The van der Waals surface area contributed by atoms with Gasteiger partial charge in [0.1, 0.15) is 6.23 Å². The number of ether oxygens (including phenoxy) is 1. The maximum atomic E-state index is 14.0. The van der Waals surface area contributed by atoms with Gasteiger partial charge in [-0.25, -0.2) is 13.8 Å². The largest absolute Gasteiger partial charge is 0.360 e. The molecule has 152 valence electrons. The van der Waals surface area contributed by atoms with Crippen molar-refractivity contribution in [1.82, 2.24) is 9.55 Å². The molecule has 3 nitrogen and oxygen atoms in total. The molecule has 0 aliphatic carbocycles. The Morgan fingerprint density at radius 2 is 1.62 bits per heavy atom. The van der Waals surface area contributed by atoms with Crippen molar-refractivity contribution < 1.29 is 22.3 Å². The van der Waals surface area contributed by atoms with E-state index in [9.17, 15) is 17.6 Å². The Labute approximate surface area is 169 Å². The zero-order valence-electron chi connectivity index (χ0n) is 15.3. The molecule has 0 bridgehead atoms. The van der Waals surface area contributed by atoms with Crippen LogP contribution in [0.5, 0.6) is 0 Å². The monoisotopic (exact) mass is 422 g/mol. The first kappa shape index (κ1) is 20.0. The van der Waals surface area contributed by atoms with Crippen LogP contribution in [0.2, 0.25) is 0 Å². The van der Waals surface area contributed by atoms with Gasteiger partial charge in [0.2, 0.25) is 0 Å². The lowest BCUT2D eigenvalue weighted by Gasteiger charge is -2.20. The van der Waals surface area contributed by atoms with Crippen molar-refractivity contribution in [3.63, 3.8) is 0 Å². The molecule has 0 spiro atoms. The first-order valence-electron chi connectivity index (χ1n) is 9.17. The summed E-state index contributed by atoms with van der Waals surface area (Å²) in [5.41, 5.74) is 2.50. The Kier molecular flexibility index (Phi) is 5.65. The molecule has 0 saturated carbocycles. The lowest BCUT2D eigenvalue weighted by molar-refractivity contribution is -0.0568. The van der Waals surface area contributed by atoms with Crippen molar-refractivity contribution >= 4 is 11.8 Å². The maximum absolute atomic E-state index is 14.0. The number of benzene rings is 2. The second-order valence-electron chi connectivity index (χ2n) is 6.63. The second-order valence-corrected chi connectivity index (χ2v) is 7.74. The van der Waals surface area contributed by atoms with E-state index in [-0.39, 0.29) is 16.9 Å². The van der Waals surface area contributed by atoms with Crippen molar-refractivity contribution in [3.05, 3.63) is 60.7 Å². The van der Waals surface area contributed by atoms with Crippen LogP contribution in [-0.2, 0) is 4.74 Å². The highest BCUT2D eigenvalue weighted by Gasteiger charge is 2.44. The maximum Gasteiger partial charge on any atom is 0.360 e. The molecule has 1 fully saturated rings. The van der Waals surface area contributed by atoms with E-state index < -0.39 is 17.9 Å². The Morgan fingerprint density at radius 1 is 1.00 bits per heavy atom. The topological polar surface area (TPSA) is 27.1 Å². The average Bonchev–Trinajstić information content (AvgIpc) is 3.36. The normalized spacial score (nSPS) is 17.2. The summed E-state index contributed by atoms with van der Waals surface area (Å²) < 4.78 is 61.1. The lowest BCUT2D eigenvalue weighted by Crippen LogP contribution is -2.23. The highest BCUT2D eigenvalue weighted by molar-refractivity contribution is 8.00. The fraction of sp³-hybridized carbons (Fsp3) is 0.286. The summed E-state index contributed by atoms with van der Waals surface area (Å²) in [5, 5.41) is -4.44. The minimum Gasteiger partial charge on any atom is -0.358 e. The van der Waals surface area contributed by atoms with Crippen LogP contribution in [-0.4, -0.2) is 27.8 Å². The van der Waals surface area contributed by atoms with Gasteiger partial charge in [-0.15, -0.1) is 0 Å². The second kappa shape index (κ2) is 8.20. The molecule has 1 unspecified atom stereocenters. The highest BCUT2D eigenvalue weighted by atomic mass is 32.2. The molecular formula is C21H18F4N2OS. The third-order valence-electron chi connectivity index (χ3n) is 4.65. The molecule has 1 atom stereocenters. The van der Waals surface area contributed by atoms with E-state index in [1.54, 1.807) is 4.57 Å². The number of alkyl halides is 4. The number of nitrogens with zero attached hydrogens (tertiary/aromatic N) is 2. The number of thioether (sulfide) groups is 1. The average molecular weight is 422 g/mol. The molecule has 2 heterocycles. The Hall–Kier alpha value is -2.32. The van der Waals surface area contributed by atoms with Crippen LogP contribution in [0.25, 0.3) is 22.5 Å². The standard InChI is InChI=1S/C21H18F4N2OS/c22-19(23)21(24,25)29-20-26-17(14-8-3-1-4-9-14)18(15-10-5-2-6-11-15)27(20)16-12-7-13-28-16/h1-6,8-11,16,19H,7,12-13H2. The molecule has 8 heteroatoms. The van der Waals surface area contributed by atoms with Gasteiger partial charge in [0.05, 0.1) is 11.4 Å².